The van der Waals surface area contributed by atoms with E-state index in [9.17, 15) is 9.90 Å². The summed E-state index contributed by atoms with van der Waals surface area (Å²) < 4.78 is 0. The molecule has 0 fully saturated rings. The van der Waals surface area contributed by atoms with Crippen LogP contribution in [0.2, 0.25) is 0 Å². The van der Waals surface area contributed by atoms with Gasteiger partial charge in [0, 0.05) is 5.56 Å². The Bertz CT molecular complexity index is 573. The number of carbonyl (C=O) groups excluding carboxylic acids is 1. The van der Waals surface area contributed by atoms with Crippen molar-refractivity contribution in [2.45, 2.75) is 19.9 Å². The zero-order valence-electron chi connectivity index (χ0n) is 11.8. The van der Waals surface area contributed by atoms with Crippen molar-refractivity contribution in [3.8, 4) is 0 Å². The average molecular weight is 269 g/mol. The van der Waals surface area contributed by atoms with Gasteiger partial charge >= 0.3 is 0 Å². The maximum absolute atomic E-state index is 12.4. The van der Waals surface area contributed by atoms with Crippen molar-refractivity contribution in [1.82, 2.24) is 5.32 Å². The third kappa shape index (κ3) is 3.06. The summed E-state index contributed by atoms with van der Waals surface area (Å²) in [5.74, 6) is -0.150. The molecule has 3 heteroatoms. The second-order valence-corrected chi connectivity index (χ2v) is 4.89. The SMILES string of the molecule is Cc1cccc(C)c1C(=O)NC(CO)c1ccccc1. The molecule has 0 saturated carbocycles. The van der Waals surface area contributed by atoms with Gasteiger partial charge in [0.25, 0.3) is 5.91 Å². The Morgan fingerprint density at radius 1 is 1.05 bits per heavy atom. The van der Waals surface area contributed by atoms with Crippen molar-refractivity contribution in [3.05, 3.63) is 70.8 Å². The van der Waals surface area contributed by atoms with Gasteiger partial charge in [-0.3, -0.25) is 4.79 Å². The van der Waals surface area contributed by atoms with Gasteiger partial charge in [-0.15, -0.1) is 0 Å². The summed E-state index contributed by atoms with van der Waals surface area (Å²) in [5.41, 5.74) is 3.45. The molecule has 3 nitrogen and oxygen atoms in total. The number of hydrogen-bond donors (Lipinski definition) is 2. The van der Waals surface area contributed by atoms with Crippen molar-refractivity contribution >= 4 is 5.91 Å². The van der Waals surface area contributed by atoms with Gasteiger partial charge in [-0.1, -0.05) is 48.5 Å². The van der Waals surface area contributed by atoms with Crippen molar-refractivity contribution in [2.75, 3.05) is 6.61 Å². The fraction of sp³-hybridized carbons (Fsp3) is 0.235. The fourth-order valence-electron chi connectivity index (χ4n) is 2.32. The van der Waals surface area contributed by atoms with Crippen LogP contribution in [0.25, 0.3) is 0 Å². The minimum atomic E-state index is -0.386. The lowest BCUT2D eigenvalue weighted by Gasteiger charge is -2.18. The number of carbonyl (C=O) groups is 1. The molecule has 1 unspecified atom stereocenters. The second-order valence-electron chi connectivity index (χ2n) is 4.89. The maximum atomic E-state index is 12.4. The number of hydrogen-bond acceptors (Lipinski definition) is 2. The molecular formula is C17H19NO2. The Morgan fingerprint density at radius 3 is 2.20 bits per heavy atom. The van der Waals surface area contributed by atoms with Crippen LogP contribution in [-0.4, -0.2) is 17.6 Å². The van der Waals surface area contributed by atoms with Gasteiger partial charge in [-0.05, 0) is 30.5 Å². The minimum absolute atomic E-state index is 0.124. The van der Waals surface area contributed by atoms with E-state index in [-0.39, 0.29) is 18.6 Å². The molecule has 1 atom stereocenters. The first kappa shape index (κ1) is 14.3. The molecule has 0 aromatic heterocycles. The molecule has 2 aromatic carbocycles. The first-order chi connectivity index (χ1) is 9.63. The Labute approximate surface area is 119 Å². The molecule has 1 amide bonds. The van der Waals surface area contributed by atoms with E-state index in [1.807, 2.05) is 62.4 Å². The monoisotopic (exact) mass is 269 g/mol. The van der Waals surface area contributed by atoms with Gasteiger partial charge in [0.15, 0.2) is 0 Å². The van der Waals surface area contributed by atoms with Crippen molar-refractivity contribution < 1.29 is 9.90 Å². The summed E-state index contributed by atoms with van der Waals surface area (Å²) in [5, 5.41) is 12.4. The van der Waals surface area contributed by atoms with E-state index in [1.165, 1.54) is 0 Å². The Hall–Kier alpha value is -2.13. The van der Waals surface area contributed by atoms with E-state index in [2.05, 4.69) is 5.32 Å². The topological polar surface area (TPSA) is 49.3 Å². The zero-order valence-corrected chi connectivity index (χ0v) is 11.8. The van der Waals surface area contributed by atoms with Crippen LogP contribution in [0.3, 0.4) is 0 Å². The molecule has 20 heavy (non-hydrogen) atoms. The molecular weight excluding hydrogens is 250 g/mol. The number of nitrogens with one attached hydrogen (secondary N) is 1. The summed E-state index contributed by atoms with van der Waals surface area (Å²) in [7, 11) is 0. The number of rotatable bonds is 4. The molecule has 0 spiro atoms. The molecule has 104 valence electrons. The van der Waals surface area contributed by atoms with Crippen molar-refractivity contribution in [1.29, 1.82) is 0 Å². The lowest BCUT2D eigenvalue weighted by Crippen LogP contribution is -2.31. The third-order valence-electron chi connectivity index (χ3n) is 3.40. The predicted octanol–water partition coefficient (Wildman–Crippen LogP) is 2.77. The Morgan fingerprint density at radius 2 is 1.65 bits per heavy atom. The smallest absolute Gasteiger partial charge is 0.252 e. The van der Waals surface area contributed by atoms with E-state index in [4.69, 9.17) is 0 Å². The van der Waals surface area contributed by atoms with Gasteiger partial charge in [-0.25, -0.2) is 0 Å². The second kappa shape index (κ2) is 6.35. The van der Waals surface area contributed by atoms with E-state index in [1.54, 1.807) is 0 Å². The lowest BCUT2D eigenvalue weighted by atomic mass is 10.0. The quantitative estimate of drug-likeness (QED) is 0.896. The molecule has 0 aliphatic carbocycles. The third-order valence-corrected chi connectivity index (χ3v) is 3.40. The number of benzene rings is 2. The van der Waals surface area contributed by atoms with Crippen LogP contribution in [0.1, 0.15) is 33.1 Å². The van der Waals surface area contributed by atoms with Crippen LogP contribution >= 0.6 is 0 Å². The molecule has 0 saturated heterocycles. The molecule has 0 heterocycles. The van der Waals surface area contributed by atoms with Crippen LogP contribution in [0.5, 0.6) is 0 Å². The normalized spacial score (nSPS) is 11.9. The molecule has 0 bridgehead atoms. The van der Waals surface area contributed by atoms with E-state index in [0.717, 1.165) is 16.7 Å². The highest BCUT2D eigenvalue weighted by atomic mass is 16.3. The van der Waals surface area contributed by atoms with Crippen LogP contribution in [-0.2, 0) is 0 Å². The zero-order chi connectivity index (χ0) is 14.5. The average Bonchev–Trinajstić information content (AvgIpc) is 2.45. The molecule has 2 rings (SSSR count). The lowest BCUT2D eigenvalue weighted by molar-refractivity contribution is 0.0915. The van der Waals surface area contributed by atoms with E-state index < -0.39 is 0 Å². The van der Waals surface area contributed by atoms with Crippen molar-refractivity contribution in [2.24, 2.45) is 0 Å². The van der Waals surface area contributed by atoms with E-state index >= 15 is 0 Å². The Kier molecular flexibility index (Phi) is 4.53. The van der Waals surface area contributed by atoms with Gasteiger partial charge in [0.05, 0.1) is 12.6 Å². The summed E-state index contributed by atoms with van der Waals surface area (Å²) in [6.07, 6.45) is 0. The van der Waals surface area contributed by atoms with Crippen LogP contribution in [0.4, 0.5) is 0 Å². The van der Waals surface area contributed by atoms with Gasteiger partial charge < -0.3 is 10.4 Å². The first-order valence-corrected chi connectivity index (χ1v) is 6.66. The fourth-order valence-corrected chi connectivity index (χ4v) is 2.32. The van der Waals surface area contributed by atoms with E-state index in [0.29, 0.717) is 5.56 Å². The van der Waals surface area contributed by atoms with Gasteiger partial charge in [0.1, 0.15) is 0 Å². The van der Waals surface area contributed by atoms with Crippen LogP contribution in [0.15, 0.2) is 48.5 Å². The predicted molar refractivity (Wildman–Crippen MR) is 79.7 cm³/mol. The van der Waals surface area contributed by atoms with Crippen molar-refractivity contribution in [3.63, 3.8) is 0 Å². The molecule has 0 aliphatic rings. The highest BCUT2D eigenvalue weighted by Gasteiger charge is 2.17. The molecule has 0 aliphatic heterocycles. The highest BCUT2D eigenvalue weighted by molar-refractivity contribution is 5.97. The summed E-state index contributed by atoms with van der Waals surface area (Å²) in [4.78, 5) is 12.4. The standard InChI is InChI=1S/C17H19NO2/c1-12-7-6-8-13(2)16(12)17(20)18-15(11-19)14-9-4-3-5-10-14/h3-10,15,19H,11H2,1-2H3,(H,18,20). The molecule has 2 aromatic rings. The number of aliphatic hydroxyl groups excluding tert-OH is 1. The number of aliphatic hydroxyl groups is 1. The summed E-state index contributed by atoms with van der Waals surface area (Å²) in [6.45, 7) is 3.71. The Balaban J connectivity index is 2.22. The number of amides is 1. The highest BCUT2D eigenvalue weighted by Crippen LogP contribution is 2.16. The van der Waals surface area contributed by atoms with Crippen LogP contribution in [0, 0.1) is 13.8 Å². The summed E-state index contributed by atoms with van der Waals surface area (Å²) in [6, 6.07) is 14.9. The maximum Gasteiger partial charge on any atom is 0.252 e. The van der Waals surface area contributed by atoms with Gasteiger partial charge in [-0.2, -0.15) is 0 Å². The van der Waals surface area contributed by atoms with Crippen LogP contribution < -0.4 is 5.32 Å². The largest absolute Gasteiger partial charge is 0.394 e. The first-order valence-electron chi connectivity index (χ1n) is 6.66. The molecule has 0 radical (unpaired) electrons. The number of aryl methyl sites for hydroxylation is 2. The molecule has 2 N–H and O–H groups in total. The summed E-state index contributed by atoms with van der Waals surface area (Å²) >= 11 is 0. The van der Waals surface area contributed by atoms with Gasteiger partial charge in [0.2, 0.25) is 0 Å². The minimum Gasteiger partial charge on any atom is -0.394 e.